The number of rotatable bonds is 5. The predicted octanol–water partition coefficient (Wildman–Crippen LogP) is 2.66. The normalized spacial score (nSPS) is 11.9. The third-order valence-electron chi connectivity index (χ3n) is 4.24. The number of amidine groups is 1. The van der Waals surface area contributed by atoms with Gasteiger partial charge < -0.3 is 0 Å². The quantitative estimate of drug-likeness (QED) is 0.384. The van der Waals surface area contributed by atoms with Crippen LogP contribution in [0.5, 0.6) is 0 Å². The number of hydrogen-bond acceptors (Lipinski definition) is 3. The van der Waals surface area contributed by atoms with Crippen LogP contribution in [0.15, 0.2) is 77.7 Å². The first-order valence-corrected chi connectivity index (χ1v) is 10.3. The van der Waals surface area contributed by atoms with E-state index in [0.29, 0.717) is 16.8 Å². The molecule has 3 aromatic rings. The zero-order valence-electron chi connectivity index (χ0n) is 15.9. The van der Waals surface area contributed by atoms with Gasteiger partial charge in [0.05, 0.1) is 5.56 Å². The van der Waals surface area contributed by atoms with Gasteiger partial charge in [0, 0.05) is 5.56 Å². The second-order valence-corrected chi connectivity index (χ2v) is 8.24. The van der Waals surface area contributed by atoms with Crippen molar-refractivity contribution in [1.82, 2.24) is 0 Å². The third kappa shape index (κ3) is 5.14. The summed E-state index contributed by atoms with van der Waals surface area (Å²) < 4.78 is 41.6. The molecule has 0 bridgehead atoms. The monoisotopic (exact) mass is 411 g/mol. The second-order valence-electron chi connectivity index (χ2n) is 6.56. The first-order chi connectivity index (χ1) is 13.7. The highest BCUT2D eigenvalue weighted by molar-refractivity contribution is 7.84. The first kappa shape index (κ1) is 20.4. The molecule has 0 atom stereocenters. The number of nitrogens with one attached hydrogen (secondary N) is 2. The van der Waals surface area contributed by atoms with Gasteiger partial charge in [0.15, 0.2) is 5.78 Å². The number of Topliss-reactive ketones (excluding diaryl/α,β-unsaturated/α-hetero) is 1. The smallest absolute Gasteiger partial charge is 0.295 e. The Morgan fingerprint density at radius 3 is 2.21 bits per heavy atom. The Balaban J connectivity index is 2.06. The highest BCUT2D eigenvalue weighted by Gasteiger charge is 2.21. The van der Waals surface area contributed by atoms with E-state index in [1.54, 1.807) is 36.4 Å². The van der Waals surface area contributed by atoms with Gasteiger partial charge in [-0.05, 0) is 62.4 Å². The zero-order chi connectivity index (χ0) is 21.0. The van der Waals surface area contributed by atoms with Crippen LogP contribution in [0, 0.1) is 12.7 Å². The third-order valence-corrected chi connectivity index (χ3v) is 5.60. The van der Waals surface area contributed by atoms with Gasteiger partial charge in [0.2, 0.25) is 0 Å². The number of sulfonamides is 1. The number of carbonyl (C=O) groups excluding carboxylic acids is 1. The standard InChI is InChI=1S/C22H19FN2O3S/c1-15-6-12-21(13-7-15)29(27,28)25-22(17-8-10-19(23)11-9-17)24-20-5-3-4-18(14-20)16(2)26/h3-14H,1-2H3,(H,24,25)/p+1. The molecule has 0 fully saturated rings. The Kier molecular flexibility index (Phi) is 5.89. The predicted molar refractivity (Wildman–Crippen MR) is 110 cm³/mol. The number of benzene rings is 3. The van der Waals surface area contributed by atoms with Crippen molar-refractivity contribution in [3.63, 3.8) is 0 Å². The summed E-state index contributed by atoms with van der Waals surface area (Å²) in [4.78, 5) is 11.7. The highest BCUT2D eigenvalue weighted by Crippen LogP contribution is 2.13. The van der Waals surface area contributed by atoms with Crippen molar-refractivity contribution in [3.05, 3.63) is 95.3 Å². The van der Waals surface area contributed by atoms with E-state index < -0.39 is 15.8 Å². The molecule has 3 aromatic carbocycles. The molecule has 0 aromatic heterocycles. The van der Waals surface area contributed by atoms with Crippen LogP contribution in [-0.2, 0) is 10.0 Å². The zero-order valence-corrected chi connectivity index (χ0v) is 16.8. The molecule has 0 radical (unpaired) electrons. The fraction of sp³-hybridized carbons (Fsp3) is 0.0909. The fourth-order valence-electron chi connectivity index (χ4n) is 2.64. The molecule has 0 unspecified atom stereocenters. The number of ketones is 1. The fourth-order valence-corrected chi connectivity index (χ4v) is 3.69. The average Bonchev–Trinajstić information content (AvgIpc) is 2.68. The van der Waals surface area contributed by atoms with Crippen LogP contribution in [0.3, 0.4) is 0 Å². The van der Waals surface area contributed by atoms with Crippen molar-refractivity contribution < 1.29 is 22.0 Å². The minimum absolute atomic E-state index is 0.0991. The van der Waals surface area contributed by atoms with Crippen LogP contribution in [0.2, 0.25) is 0 Å². The minimum atomic E-state index is -3.89. The first-order valence-electron chi connectivity index (χ1n) is 8.85. The molecule has 0 heterocycles. The summed E-state index contributed by atoms with van der Waals surface area (Å²) in [6.07, 6.45) is 0. The molecule has 2 N–H and O–H groups in total. The summed E-state index contributed by atoms with van der Waals surface area (Å²) in [7, 11) is -3.89. The van der Waals surface area contributed by atoms with Crippen molar-refractivity contribution in [2.45, 2.75) is 18.7 Å². The second kappa shape index (κ2) is 8.36. The van der Waals surface area contributed by atoms with Crippen LogP contribution in [0.25, 0.3) is 0 Å². The summed E-state index contributed by atoms with van der Waals surface area (Å²) >= 11 is 0. The Bertz CT molecular complexity index is 1170. The molecule has 0 aliphatic heterocycles. The van der Waals surface area contributed by atoms with E-state index in [9.17, 15) is 17.6 Å². The molecule has 29 heavy (non-hydrogen) atoms. The van der Waals surface area contributed by atoms with Crippen LogP contribution in [0.1, 0.15) is 28.4 Å². The van der Waals surface area contributed by atoms with E-state index in [2.05, 4.69) is 9.71 Å². The molecule has 0 aliphatic carbocycles. The summed E-state index contributed by atoms with van der Waals surface area (Å²) in [5.74, 6) is -0.406. The van der Waals surface area contributed by atoms with Crippen molar-refractivity contribution >= 4 is 27.3 Å². The van der Waals surface area contributed by atoms with E-state index in [1.165, 1.54) is 43.3 Å². The van der Waals surface area contributed by atoms with Crippen LogP contribution >= 0.6 is 0 Å². The van der Waals surface area contributed by atoms with Gasteiger partial charge in [-0.2, -0.15) is 12.8 Å². The van der Waals surface area contributed by atoms with E-state index >= 15 is 0 Å². The number of hydrogen-bond donors (Lipinski definition) is 2. The minimum Gasteiger partial charge on any atom is -0.295 e. The Labute approximate surface area is 169 Å². The molecular formula is C22H20FN2O3S+. The highest BCUT2D eigenvalue weighted by atomic mass is 32.2. The lowest BCUT2D eigenvalue weighted by atomic mass is 10.1. The summed E-state index contributed by atoms with van der Waals surface area (Å²) in [5.41, 5.74) is 2.37. The van der Waals surface area contributed by atoms with Gasteiger partial charge in [-0.25, -0.2) is 9.71 Å². The van der Waals surface area contributed by atoms with Gasteiger partial charge in [-0.15, -0.1) is 0 Å². The molecule has 7 heteroatoms. The average molecular weight is 411 g/mol. The molecule has 148 valence electrons. The number of carbonyl (C=O) groups is 1. The van der Waals surface area contributed by atoms with Gasteiger partial charge in [0.25, 0.3) is 5.84 Å². The van der Waals surface area contributed by atoms with E-state index in [0.717, 1.165) is 5.56 Å². The Morgan fingerprint density at radius 1 is 0.931 bits per heavy atom. The van der Waals surface area contributed by atoms with E-state index in [4.69, 9.17) is 0 Å². The maximum absolute atomic E-state index is 13.4. The molecule has 0 saturated heterocycles. The summed E-state index contributed by atoms with van der Waals surface area (Å²) in [6, 6.07) is 18.5. The van der Waals surface area contributed by atoms with Crippen molar-refractivity contribution in [2.24, 2.45) is 0 Å². The maximum Gasteiger partial charge on any atom is 0.328 e. The number of halogens is 1. The molecule has 3 rings (SSSR count). The number of aryl methyl sites for hydroxylation is 1. The lowest BCUT2D eigenvalue weighted by Crippen LogP contribution is -2.78. The van der Waals surface area contributed by atoms with Crippen molar-refractivity contribution in [2.75, 3.05) is 5.32 Å². The lowest BCUT2D eigenvalue weighted by Gasteiger charge is -2.06. The van der Waals surface area contributed by atoms with Gasteiger partial charge in [-0.1, -0.05) is 29.8 Å². The molecular weight excluding hydrogens is 391 g/mol. The van der Waals surface area contributed by atoms with E-state index in [-0.39, 0.29) is 16.5 Å². The van der Waals surface area contributed by atoms with Crippen LogP contribution < -0.4 is 9.71 Å². The summed E-state index contributed by atoms with van der Waals surface area (Å²) in [5, 5.41) is 3.00. The SMILES string of the molecule is CC(=O)c1cccc(NC(=[NH+]S(=O)(=O)c2ccc(C)cc2)c2ccc(F)cc2)c1. The lowest BCUT2D eigenvalue weighted by molar-refractivity contribution is -0.266. The van der Waals surface area contributed by atoms with Gasteiger partial charge >= 0.3 is 10.0 Å². The molecule has 5 nitrogen and oxygen atoms in total. The van der Waals surface area contributed by atoms with E-state index in [1.807, 2.05) is 6.92 Å². The van der Waals surface area contributed by atoms with Crippen LogP contribution in [-0.4, -0.2) is 20.0 Å². The Hall–Kier alpha value is -3.32. The van der Waals surface area contributed by atoms with Crippen molar-refractivity contribution in [3.8, 4) is 0 Å². The summed E-state index contributed by atoms with van der Waals surface area (Å²) in [6.45, 7) is 3.31. The molecule has 0 spiro atoms. The molecule has 0 aliphatic rings. The maximum atomic E-state index is 13.4. The largest absolute Gasteiger partial charge is 0.328 e. The molecule has 0 saturated carbocycles. The van der Waals surface area contributed by atoms with Gasteiger partial charge in [-0.3, -0.25) is 4.79 Å². The van der Waals surface area contributed by atoms with Gasteiger partial charge in [0.1, 0.15) is 16.4 Å². The van der Waals surface area contributed by atoms with Crippen molar-refractivity contribution in [1.29, 1.82) is 0 Å². The Morgan fingerprint density at radius 2 is 1.59 bits per heavy atom. The molecule has 0 amide bonds. The van der Waals surface area contributed by atoms with Crippen LogP contribution in [0.4, 0.5) is 10.1 Å². The topological polar surface area (TPSA) is 77.2 Å². The number of anilines is 1.